The molecule has 1 aromatic rings. The van der Waals surface area contributed by atoms with Crippen LogP contribution < -0.4 is 5.73 Å². The van der Waals surface area contributed by atoms with Crippen LogP contribution in [0.15, 0.2) is 15.9 Å². The second-order valence-corrected chi connectivity index (χ2v) is 6.11. The van der Waals surface area contributed by atoms with Gasteiger partial charge in [0.15, 0.2) is 0 Å². The van der Waals surface area contributed by atoms with E-state index in [4.69, 9.17) is 5.73 Å². The molecule has 1 rings (SSSR count). The van der Waals surface area contributed by atoms with Gasteiger partial charge in [0.1, 0.15) is 0 Å². The van der Waals surface area contributed by atoms with Crippen LogP contribution in [0.4, 0.5) is 0 Å². The van der Waals surface area contributed by atoms with Crippen LogP contribution in [0.5, 0.6) is 0 Å². The van der Waals surface area contributed by atoms with Gasteiger partial charge in [-0.15, -0.1) is 11.3 Å². The second-order valence-electron chi connectivity index (χ2n) is 3.56. The average molecular weight is 278 g/mol. The SMILES string of the molecule is CCCC(O)(CN)Cc1ccc(Br)s1. The molecule has 3 N–H and O–H groups in total. The third-order valence-corrected chi connectivity index (χ3v) is 3.85. The van der Waals surface area contributed by atoms with Gasteiger partial charge in [0.25, 0.3) is 0 Å². The molecule has 0 bridgehead atoms. The number of thiophene rings is 1. The summed E-state index contributed by atoms with van der Waals surface area (Å²) in [5.74, 6) is 0. The van der Waals surface area contributed by atoms with Gasteiger partial charge in [0.2, 0.25) is 0 Å². The maximum absolute atomic E-state index is 10.1. The van der Waals surface area contributed by atoms with E-state index < -0.39 is 5.60 Å². The van der Waals surface area contributed by atoms with E-state index in [1.165, 1.54) is 4.88 Å². The molecule has 0 fully saturated rings. The first-order valence-electron chi connectivity index (χ1n) is 4.76. The third-order valence-electron chi connectivity index (χ3n) is 2.23. The van der Waals surface area contributed by atoms with Crippen molar-refractivity contribution in [1.82, 2.24) is 0 Å². The van der Waals surface area contributed by atoms with E-state index >= 15 is 0 Å². The number of rotatable bonds is 5. The van der Waals surface area contributed by atoms with Crippen molar-refractivity contribution in [3.05, 3.63) is 20.8 Å². The molecule has 0 amide bonds. The first kappa shape index (κ1) is 12.2. The van der Waals surface area contributed by atoms with Crippen LogP contribution >= 0.6 is 27.3 Å². The summed E-state index contributed by atoms with van der Waals surface area (Å²) < 4.78 is 1.10. The van der Waals surface area contributed by atoms with Crippen molar-refractivity contribution in [3.8, 4) is 0 Å². The van der Waals surface area contributed by atoms with E-state index in [-0.39, 0.29) is 0 Å². The van der Waals surface area contributed by atoms with Crippen molar-refractivity contribution >= 4 is 27.3 Å². The smallest absolute Gasteiger partial charge is 0.0817 e. The first-order valence-corrected chi connectivity index (χ1v) is 6.37. The van der Waals surface area contributed by atoms with Crippen molar-refractivity contribution in [1.29, 1.82) is 0 Å². The quantitative estimate of drug-likeness (QED) is 0.869. The van der Waals surface area contributed by atoms with E-state index in [0.717, 1.165) is 16.6 Å². The van der Waals surface area contributed by atoms with Crippen LogP contribution in [-0.4, -0.2) is 17.3 Å². The molecule has 0 spiro atoms. The summed E-state index contributed by atoms with van der Waals surface area (Å²) in [5, 5.41) is 10.1. The number of nitrogens with two attached hydrogens (primary N) is 1. The number of hydrogen-bond donors (Lipinski definition) is 2. The lowest BCUT2D eigenvalue weighted by molar-refractivity contribution is 0.0407. The summed E-state index contributed by atoms with van der Waals surface area (Å²) >= 11 is 5.06. The molecule has 1 atom stereocenters. The van der Waals surface area contributed by atoms with Gasteiger partial charge in [-0.25, -0.2) is 0 Å². The zero-order valence-electron chi connectivity index (χ0n) is 8.29. The molecule has 4 heteroatoms. The molecule has 1 heterocycles. The lowest BCUT2D eigenvalue weighted by Crippen LogP contribution is -2.39. The fourth-order valence-electron chi connectivity index (χ4n) is 1.50. The zero-order valence-corrected chi connectivity index (χ0v) is 10.7. The normalized spacial score (nSPS) is 15.4. The van der Waals surface area contributed by atoms with E-state index in [0.29, 0.717) is 13.0 Å². The molecule has 1 aromatic heterocycles. The monoisotopic (exact) mass is 277 g/mol. The molecule has 0 aromatic carbocycles. The van der Waals surface area contributed by atoms with Crippen molar-refractivity contribution < 1.29 is 5.11 Å². The molecular formula is C10H16BrNOS. The lowest BCUT2D eigenvalue weighted by atomic mass is 9.93. The Hall–Kier alpha value is 0.1000. The van der Waals surface area contributed by atoms with Crippen LogP contribution in [-0.2, 0) is 6.42 Å². The van der Waals surface area contributed by atoms with Gasteiger partial charge in [0.05, 0.1) is 9.39 Å². The van der Waals surface area contributed by atoms with E-state index in [1.54, 1.807) is 11.3 Å². The molecule has 0 aliphatic rings. The molecule has 2 nitrogen and oxygen atoms in total. The number of hydrogen-bond acceptors (Lipinski definition) is 3. The Labute approximate surface area is 97.3 Å². The van der Waals surface area contributed by atoms with Gasteiger partial charge in [0, 0.05) is 17.8 Å². The van der Waals surface area contributed by atoms with Gasteiger partial charge < -0.3 is 10.8 Å². The maximum Gasteiger partial charge on any atom is 0.0817 e. The lowest BCUT2D eigenvalue weighted by Gasteiger charge is -2.25. The Morgan fingerprint density at radius 1 is 1.57 bits per heavy atom. The summed E-state index contributed by atoms with van der Waals surface area (Å²) in [6.45, 7) is 2.39. The van der Waals surface area contributed by atoms with Gasteiger partial charge in [-0.1, -0.05) is 13.3 Å². The van der Waals surface area contributed by atoms with E-state index in [2.05, 4.69) is 22.9 Å². The highest BCUT2D eigenvalue weighted by molar-refractivity contribution is 9.11. The Bertz CT molecular complexity index is 289. The molecule has 0 aliphatic heterocycles. The predicted molar refractivity (Wildman–Crippen MR) is 64.6 cm³/mol. The van der Waals surface area contributed by atoms with Crippen LogP contribution in [0, 0.1) is 0 Å². The molecule has 0 aliphatic carbocycles. The summed E-state index contributed by atoms with van der Waals surface area (Å²) in [6, 6.07) is 4.04. The standard InChI is InChI=1S/C10H16BrNOS/c1-2-5-10(13,7-12)6-8-3-4-9(11)14-8/h3-4,13H,2,5-7,12H2,1H3. The fraction of sp³-hybridized carbons (Fsp3) is 0.600. The van der Waals surface area contributed by atoms with Crippen molar-refractivity contribution in [2.75, 3.05) is 6.54 Å². The summed E-state index contributed by atoms with van der Waals surface area (Å²) in [5.41, 5.74) is 4.87. The van der Waals surface area contributed by atoms with Crippen molar-refractivity contribution in [2.24, 2.45) is 5.73 Å². The maximum atomic E-state index is 10.1. The minimum Gasteiger partial charge on any atom is -0.388 e. The fourth-order valence-corrected chi connectivity index (χ4v) is 3.12. The molecule has 0 saturated heterocycles. The van der Waals surface area contributed by atoms with E-state index in [9.17, 15) is 5.11 Å². The molecule has 0 radical (unpaired) electrons. The van der Waals surface area contributed by atoms with Crippen LogP contribution in [0.2, 0.25) is 0 Å². The Balaban J connectivity index is 2.64. The van der Waals surface area contributed by atoms with Crippen LogP contribution in [0.25, 0.3) is 0 Å². The highest BCUT2D eigenvalue weighted by Crippen LogP contribution is 2.27. The number of aliphatic hydroxyl groups is 1. The van der Waals surface area contributed by atoms with Gasteiger partial charge in [-0.3, -0.25) is 0 Å². The second kappa shape index (κ2) is 5.26. The third kappa shape index (κ3) is 3.35. The molecule has 14 heavy (non-hydrogen) atoms. The molecule has 0 saturated carbocycles. The average Bonchev–Trinajstić information content (AvgIpc) is 2.51. The Morgan fingerprint density at radius 3 is 2.71 bits per heavy atom. The molecular weight excluding hydrogens is 262 g/mol. The largest absolute Gasteiger partial charge is 0.388 e. The topological polar surface area (TPSA) is 46.2 Å². The number of halogens is 1. The minimum absolute atomic E-state index is 0.330. The Morgan fingerprint density at radius 2 is 2.29 bits per heavy atom. The summed E-state index contributed by atoms with van der Waals surface area (Å²) in [7, 11) is 0. The van der Waals surface area contributed by atoms with E-state index in [1.807, 2.05) is 12.1 Å². The highest BCUT2D eigenvalue weighted by atomic mass is 79.9. The first-order chi connectivity index (χ1) is 6.59. The Kier molecular flexibility index (Phi) is 4.57. The minimum atomic E-state index is -0.723. The van der Waals surface area contributed by atoms with Gasteiger partial charge in [-0.05, 0) is 34.5 Å². The molecule has 80 valence electrons. The summed E-state index contributed by atoms with van der Waals surface area (Å²) in [4.78, 5) is 1.18. The van der Waals surface area contributed by atoms with Crippen LogP contribution in [0.3, 0.4) is 0 Å². The van der Waals surface area contributed by atoms with Crippen molar-refractivity contribution in [3.63, 3.8) is 0 Å². The van der Waals surface area contributed by atoms with Crippen molar-refractivity contribution in [2.45, 2.75) is 31.8 Å². The van der Waals surface area contributed by atoms with Crippen LogP contribution in [0.1, 0.15) is 24.6 Å². The predicted octanol–water partition coefficient (Wildman–Crippen LogP) is 2.54. The van der Waals surface area contributed by atoms with Gasteiger partial charge >= 0.3 is 0 Å². The zero-order chi connectivity index (χ0) is 10.6. The highest BCUT2D eigenvalue weighted by Gasteiger charge is 2.24. The van der Waals surface area contributed by atoms with Gasteiger partial charge in [-0.2, -0.15) is 0 Å². The molecule has 1 unspecified atom stereocenters. The summed E-state index contributed by atoms with van der Waals surface area (Å²) in [6.07, 6.45) is 2.38.